The van der Waals surface area contributed by atoms with Crippen molar-refractivity contribution in [3.8, 4) is 5.69 Å². The van der Waals surface area contributed by atoms with E-state index >= 15 is 0 Å². The maximum Gasteiger partial charge on any atom is 0.251 e. The summed E-state index contributed by atoms with van der Waals surface area (Å²) in [5, 5.41) is 33.8. The molecule has 1 atom stereocenters. The van der Waals surface area contributed by atoms with Crippen LogP contribution in [0.2, 0.25) is 5.02 Å². The number of anilines is 1. The first-order valence-electron chi connectivity index (χ1n) is 13.9. The molecule has 3 aromatic carbocycles. The molecule has 0 saturated heterocycles. The lowest BCUT2D eigenvalue weighted by Crippen LogP contribution is -2.44. The molecule has 0 saturated carbocycles. The topological polar surface area (TPSA) is 185 Å². The Kier molecular flexibility index (Phi) is 10.3. The molecule has 0 bridgehead atoms. The summed E-state index contributed by atoms with van der Waals surface area (Å²) in [6.45, 7) is 0.442. The fraction of sp³-hybridized carbons (Fsp3) is 0.167. The molecule has 3 amide bonds. The molecular weight excluding hydrogens is 598 g/mol. The van der Waals surface area contributed by atoms with E-state index in [9.17, 15) is 14.4 Å². The third-order valence-corrected chi connectivity index (χ3v) is 6.82. The van der Waals surface area contributed by atoms with Crippen molar-refractivity contribution in [1.29, 1.82) is 0 Å². The van der Waals surface area contributed by atoms with Crippen LogP contribution in [0.25, 0.3) is 11.8 Å². The molecular formula is C30H28ClN11O3. The molecule has 5 rings (SSSR count). The van der Waals surface area contributed by atoms with Crippen LogP contribution in [0.3, 0.4) is 0 Å². The lowest BCUT2D eigenvalue weighted by Gasteiger charge is -2.18. The Bertz CT molecular complexity index is 1740. The maximum atomic E-state index is 13.4. The van der Waals surface area contributed by atoms with E-state index < -0.39 is 17.9 Å². The summed E-state index contributed by atoms with van der Waals surface area (Å²) in [6, 6.07) is 20.0. The van der Waals surface area contributed by atoms with Gasteiger partial charge in [0.05, 0.1) is 5.69 Å². The van der Waals surface area contributed by atoms with Gasteiger partial charge in [0, 0.05) is 47.3 Å². The van der Waals surface area contributed by atoms with Crippen LogP contribution in [-0.2, 0) is 22.4 Å². The van der Waals surface area contributed by atoms with Gasteiger partial charge < -0.3 is 16.0 Å². The highest BCUT2D eigenvalue weighted by molar-refractivity contribution is 6.30. The number of hydrogen-bond donors (Lipinski definition) is 4. The quantitative estimate of drug-likeness (QED) is 0.113. The van der Waals surface area contributed by atoms with Crippen molar-refractivity contribution >= 4 is 41.1 Å². The number of benzene rings is 3. The number of hydrogen-bond acceptors (Lipinski definition) is 9. The minimum Gasteiger partial charge on any atom is -0.352 e. The molecule has 0 aliphatic rings. The van der Waals surface area contributed by atoms with Gasteiger partial charge in [0.25, 0.3) is 5.91 Å². The minimum atomic E-state index is -0.898. The summed E-state index contributed by atoms with van der Waals surface area (Å²) in [5.41, 5.74) is 3.00. The Morgan fingerprint density at radius 2 is 1.84 bits per heavy atom. The smallest absolute Gasteiger partial charge is 0.251 e. The Balaban J connectivity index is 1.22. The third-order valence-electron chi connectivity index (χ3n) is 6.58. The van der Waals surface area contributed by atoms with Crippen LogP contribution in [0.15, 0.2) is 85.2 Å². The van der Waals surface area contributed by atoms with E-state index in [1.165, 1.54) is 17.1 Å². The number of halogens is 1. The molecule has 0 fully saturated rings. The van der Waals surface area contributed by atoms with E-state index in [1.54, 1.807) is 48.5 Å². The molecule has 0 unspecified atom stereocenters. The first-order chi connectivity index (χ1) is 21.9. The number of carbonyl (C=O) groups is 3. The number of H-pyrrole nitrogens is 1. The van der Waals surface area contributed by atoms with Crippen LogP contribution >= 0.6 is 11.6 Å². The van der Waals surface area contributed by atoms with Crippen LogP contribution in [0.1, 0.15) is 33.7 Å². The highest BCUT2D eigenvalue weighted by atomic mass is 35.5. The zero-order valence-corrected chi connectivity index (χ0v) is 24.6. The molecule has 0 aliphatic carbocycles. The van der Waals surface area contributed by atoms with Crippen molar-refractivity contribution in [3.63, 3.8) is 0 Å². The van der Waals surface area contributed by atoms with E-state index in [-0.39, 0.29) is 12.3 Å². The monoisotopic (exact) mass is 625 g/mol. The largest absolute Gasteiger partial charge is 0.352 e. The van der Waals surface area contributed by atoms with Gasteiger partial charge in [-0.05, 0) is 71.0 Å². The lowest BCUT2D eigenvalue weighted by atomic mass is 10.0. The second kappa shape index (κ2) is 15.1. The molecule has 5 aromatic rings. The second-order valence-electron chi connectivity index (χ2n) is 9.80. The van der Waals surface area contributed by atoms with Gasteiger partial charge >= 0.3 is 0 Å². The Hall–Kier alpha value is -5.76. The molecule has 2 aromatic heterocycles. The zero-order chi connectivity index (χ0) is 31.4. The normalized spacial score (nSPS) is 11.7. The Labute approximate surface area is 262 Å². The highest BCUT2D eigenvalue weighted by Crippen LogP contribution is 2.20. The lowest BCUT2D eigenvalue weighted by molar-refractivity contribution is -0.123. The van der Waals surface area contributed by atoms with Crippen LogP contribution < -0.4 is 16.0 Å². The standard InChI is InChI=1S/C30H28ClN11O3/c31-23-11-14-26(42-19-33-38-41-42)22(18-23)10-15-28(43)35-25(17-20-5-2-1-3-6-20)30(45)34-24-12-8-21(9-13-24)29(44)32-16-4-7-27-36-39-40-37-27/h1-3,5-6,8-15,18-19,25H,4,7,16-17H2,(H,32,44)(H,34,45)(H,35,43)(H,36,37,39,40)/b15-10+/t25-/m0/s1. The molecule has 0 radical (unpaired) electrons. The minimum absolute atomic E-state index is 0.245. The average molecular weight is 626 g/mol. The summed E-state index contributed by atoms with van der Waals surface area (Å²) in [7, 11) is 0. The Morgan fingerprint density at radius 3 is 2.58 bits per heavy atom. The summed E-state index contributed by atoms with van der Waals surface area (Å²) in [6.07, 6.45) is 5.82. The van der Waals surface area contributed by atoms with Crippen molar-refractivity contribution in [1.82, 2.24) is 51.5 Å². The van der Waals surface area contributed by atoms with E-state index in [1.807, 2.05) is 30.3 Å². The van der Waals surface area contributed by atoms with Crippen LogP contribution in [0, 0.1) is 0 Å². The van der Waals surface area contributed by atoms with Crippen LogP contribution in [0.4, 0.5) is 5.69 Å². The number of nitrogens with one attached hydrogen (secondary N) is 4. The van der Waals surface area contributed by atoms with Gasteiger partial charge in [-0.2, -0.15) is 9.90 Å². The van der Waals surface area contributed by atoms with E-state index in [0.717, 1.165) is 5.56 Å². The summed E-state index contributed by atoms with van der Waals surface area (Å²) in [4.78, 5) is 38.9. The van der Waals surface area contributed by atoms with Crippen molar-refractivity contribution < 1.29 is 14.4 Å². The van der Waals surface area contributed by atoms with Gasteiger partial charge in [0.1, 0.15) is 12.4 Å². The number of aryl methyl sites for hydroxylation is 1. The Morgan fingerprint density at radius 1 is 1.02 bits per heavy atom. The predicted octanol–water partition coefficient (Wildman–Crippen LogP) is 2.57. The zero-order valence-electron chi connectivity index (χ0n) is 23.8. The van der Waals surface area contributed by atoms with Gasteiger partial charge in [0.15, 0.2) is 5.82 Å². The fourth-order valence-corrected chi connectivity index (χ4v) is 4.54. The first-order valence-corrected chi connectivity index (χ1v) is 14.3. The van der Waals surface area contributed by atoms with Gasteiger partial charge in [-0.1, -0.05) is 47.1 Å². The molecule has 15 heteroatoms. The summed E-state index contributed by atoms with van der Waals surface area (Å²) < 4.78 is 1.45. The molecule has 2 heterocycles. The first kappa shape index (κ1) is 30.7. The fourth-order valence-electron chi connectivity index (χ4n) is 4.36. The van der Waals surface area contributed by atoms with Gasteiger partial charge in [-0.25, -0.2) is 0 Å². The summed E-state index contributed by atoms with van der Waals surface area (Å²) >= 11 is 6.18. The number of aromatic amines is 1. The highest BCUT2D eigenvalue weighted by Gasteiger charge is 2.21. The van der Waals surface area contributed by atoms with Crippen molar-refractivity contribution in [2.24, 2.45) is 0 Å². The maximum absolute atomic E-state index is 13.4. The molecule has 0 aliphatic heterocycles. The second-order valence-corrected chi connectivity index (χ2v) is 10.2. The van der Waals surface area contributed by atoms with E-state index in [2.05, 4.69) is 52.1 Å². The van der Waals surface area contributed by atoms with E-state index in [0.29, 0.717) is 52.7 Å². The summed E-state index contributed by atoms with van der Waals surface area (Å²) in [5.74, 6) is -0.570. The number of rotatable bonds is 13. The van der Waals surface area contributed by atoms with E-state index in [4.69, 9.17) is 11.6 Å². The van der Waals surface area contributed by atoms with Gasteiger partial charge in [-0.15, -0.1) is 15.3 Å². The molecule has 4 N–H and O–H groups in total. The average Bonchev–Trinajstić information content (AvgIpc) is 3.78. The number of nitrogens with zero attached hydrogens (tertiary/aromatic N) is 7. The number of tetrazole rings is 2. The SMILES string of the molecule is O=C(/C=C/c1cc(Cl)ccc1-n1cnnn1)N[C@@H](Cc1ccccc1)C(=O)Nc1ccc(C(=O)NCCCc2nn[nH]n2)cc1. The van der Waals surface area contributed by atoms with Gasteiger partial charge in [-0.3, -0.25) is 14.4 Å². The van der Waals surface area contributed by atoms with Crippen molar-refractivity contribution in [2.75, 3.05) is 11.9 Å². The molecule has 228 valence electrons. The van der Waals surface area contributed by atoms with Crippen molar-refractivity contribution in [3.05, 3.63) is 113 Å². The van der Waals surface area contributed by atoms with Crippen LogP contribution in [0.5, 0.6) is 0 Å². The van der Waals surface area contributed by atoms with Crippen molar-refractivity contribution in [2.45, 2.75) is 25.3 Å². The number of carbonyl (C=O) groups excluding carboxylic acids is 3. The molecule has 14 nitrogen and oxygen atoms in total. The third kappa shape index (κ3) is 8.87. The van der Waals surface area contributed by atoms with Gasteiger partial charge in [0.2, 0.25) is 11.8 Å². The predicted molar refractivity (Wildman–Crippen MR) is 165 cm³/mol. The number of aromatic nitrogens is 8. The number of amides is 3. The molecule has 45 heavy (non-hydrogen) atoms. The van der Waals surface area contributed by atoms with Crippen LogP contribution in [-0.4, -0.2) is 71.1 Å². The molecule has 0 spiro atoms.